The standard InChI is InChI=1S/C27H27NOP2/c1-28(2)30(24-15-7-3-8-16-24,25-17-9-4-10-18-25)23-31(29,26-19-11-5-12-20-26)27-21-13-6-14-22-27/h3-23H,1-2H3. The van der Waals surface area contributed by atoms with Gasteiger partial charge in [0.05, 0.1) is 0 Å². The number of nitrogens with zero attached hydrogens (tertiary/aromatic N) is 1. The van der Waals surface area contributed by atoms with Gasteiger partial charge in [-0.3, -0.25) is 4.67 Å². The maximum Gasteiger partial charge on any atom is 0.166 e. The average molecular weight is 443 g/mol. The third kappa shape index (κ3) is 4.12. The van der Waals surface area contributed by atoms with E-state index in [1.807, 2.05) is 72.8 Å². The Morgan fingerprint density at radius 3 is 1.10 bits per heavy atom. The van der Waals surface area contributed by atoms with E-state index in [1.165, 1.54) is 10.6 Å². The van der Waals surface area contributed by atoms with E-state index in [4.69, 9.17) is 0 Å². The molecule has 0 aliphatic carbocycles. The van der Waals surface area contributed by atoms with Crippen LogP contribution in [0, 0.1) is 0 Å². The molecule has 4 heteroatoms. The van der Waals surface area contributed by atoms with E-state index in [0.717, 1.165) is 10.6 Å². The Bertz CT molecular complexity index is 1130. The van der Waals surface area contributed by atoms with Gasteiger partial charge in [-0.1, -0.05) is 121 Å². The first-order chi connectivity index (χ1) is 15.1. The SMILES string of the molecule is CN(C)P(=CP(=O)(c1ccccc1)c1ccccc1)(c1ccccc1)c1ccccc1. The molecule has 0 aromatic heterocycles. The summed E-state index contributed by atoms with van der Waals surface area (Å²) in [6, 6.07) is 40.8. The lowest BCUT2D eigenvalue weighted by Gasteiger charge is -2.36. The van der Waals surface area contributed by atoms with Crippen LogP contribution >= 0.6 is 14.2 Å². The molecule has 2 nitrogen and oxygen atoms in total. The normalized spacial score (nSPS) is 12.0. The second-order valence-corrected chi connectivity index (χ2v) is 14.1. The van der Waals surface area contributed by atoms with Gasteiger partial charge in [0.2, 0.25) is 0 Å². The monoisotopic (exact) mass is 443 g/mol. The van der Waals surface area contributed by atoms with Crippen LogP contribution < -0.4 is 21.2 Å². The zero-order valence-electron chi connectivity index (χ0n) is 17.9. The molecule has 0 spiro atoms. The molecule has 0 heterocycles. The zero-order chi connectivity index (χ0) is 21.7. The Kier molecular flexibility index (Phi) is 6.44. The molecular weight excluding hydrogens is 416 g/mol. The molecule has 4 aromatic carbocycles. The number of hydrogen-bond donors (Lipinski definition) is 0. The number of benzene rings is 4. The Hall–Kier alpha value is -2.63. The van der Waals surface area contributed by atoms with Crippen molar-refractivity contribution >= 4 is 40.9 Å². The van der Waals surface area contributed by atoms with E-state index < -0.39 is 14.2 Å². The summed E-state index contributed by atoms with van der Waals surface area (Å²) in [6.07, 6.45) is 0. The van der Waals surface area contributed by atoms with Crippen molar-refractivity contribution in [3.8, 4) is 0 Å². The van der Waals surface area contributed by atoms with Crippen molar-refractivity contribution in [2.75, 3.05) is 14.1 Å². The van der Waals surface area contributed by atoms with Crippen molar-refractivity contribution in [2.45, 2.75) is 0 Å². The molecule has 0 aliphatic rings. The van der Waals surface area contributed by atoms with Gasteiger partial charge in [0.25, 0.3) is 0 Å². The highest BCUT2D eigenvalue weighted by molar-refractivity contribution is 8.06. The highest BCUT2D eigenvalue weighted by atomic mass is 31.2. The third-order valence-corrected chi connectivity index (χ3v) is 13.7. The Morgan fingerprint density at radius 2 is 0.806 bits per heavy atom. The molecule has 0 N–H and O–H groups in total. The van der Waals surface area contributed by atoms with Crippen LogP contribution in [0.2, 0.25) is 0 Å². The minimum atomic E-state index is -3.05. The summed E-state index contributed by atoms with van der Waals surface area (Å²) in [5.74, 6) is 0. The van der Waals surface area contributed by atoms with Crippen molar-refractivity contribution in [3.05, 3.63) is 121 Å². The fraction of sp³-hybridized carbons (Fsp3) is 0.0741. The average Bonchev–Trinajstić information content (AvgIpc) is 2.84. The van der Waals surface area contributed by atoms with Gasteiger partial charge in [0.15, 0.2) is 7.14 Å². The molecule has 0 fully saturated rings. The predicted molar refractivity (Wildman–Crippen MR) is 139 cm³/mol. The maximum atomic E-state index is 15.0. The van der Waals surface area contributed by atoms with Gasteiger partial charge in [-0.05, 0) is 24.7 Å². The highest BCUT2D eigenvalue weighted by Gasteiger charge is 2.33. The Morgan fingerprint density at radius 1 is 0.516 bits per heavy atom. The molecule has 0 amide bonds. The molecule has 0 saturated heterocycles. The second-order valence-electron chi connectivity index (χ2n) is 7.65. The topological polar surface area (TPSA) is 20.3 Å². The first-order valence-electron chi connectivity index (χ1n) is 10.3. The minimum absolute atomic E-state index is 0.860. The Labute approximate surface area is 185 Å². The van der Waals surface area contributed by atoms with Crippen LogP contribution in [0.5, 0.6) is 0 Å². The molecule has 4 aromatic rings. The van der Waals surface area contributed by atoms with Crippen LogP contribution in [0.3, 0.4) is 0 Å². The summed E-state index contributed by atoms with van der Waals surface area (Å²) < 4.78 is 17.3. The molecule has 0 radical (unpaired) electrons. The maximum absolute atomic E-state index is 15.0. The minimum Gasteiger partial charge on any atom is -0.309 e. The summed E-state index contributed by atoms with van der Waals surface area (Å²) in [5, 5.41) is 4.11. The van der Waals surface area contributed by atoms with Crippen molar-refractivity contribution in [1.29, 1.82) is 0 Å². The summed E-state index contributed by atoms with van der Waals surface area (Å²) in [5.41, 5.74) is 2.19. The lowest BCUT2D eigenvalue weighted by atomic mass is 10.4. The van der Waals surface area contributed by atoms with Crippen LogP contribution in [0.4, 0.5) is 0 Å². The predicted octanol–water partition coefficient (Wildman–Crippen LogP) is 4.91. The first-order valence-corrected chi connectivity index (χ1v) is 13.9. The fourth-order valence-corrected chi connectivity index (χ4v) is 12.8. The van der Waals surface area contributed by atoms with Crippen molar-refractivity contribution in [3.63, 3.8) is 0 Å². The van der Waals surface area contributed by atoms with E-state index in [2.05, 4.69) is 72.8 Å². The summed E-state index contributed by atoms with van der Waals surface area (Å²) in [4.78, 5) is 0. The van der Waals surface area contributed by atoms with E-state index in [1.54, 1.807) is 0 Å². The number of hydrogen-bond acceptors (Lipinski definition) is 2. The van der Waals surface area contributed by atoms with Gasteiger partial charge in [0.1, 0.15) is 0 Å². The zero-order valence-corrected chi connectivity index (χ0v) is 19.7. The van der Waals surface area contributed by atoms with Gasteiger partial charge < -0.3 is 4.57 Å². The summed E-state index contributed by atoms with van der Waals surface area (Å²) >= 11 is 0. The van der Waals surface area contributed by atoms with Crippen LogP contribution in [0.1, 0.15) is 0 Å². The van der Waals surface area contributed by atoms with Crippen LogP contribution in [-0.2, 0) is 4.57 Å². The second kappa shape index (κ2) is 9.25. The molecular formula is C27H27NOP2. The van der Waals surface area contributed by atoms with Gasteiger partial charge >= 0.3 is 0 Å². The van der Waals surface area contributed by atoms with Crippen molar-refractivity contribution in [1.82, 2.24) is 4.67 Å². The van der Waals surface area contributed by atoms with Gasteiger partial charge in [-0.2, -0.15) is 0 Å². The van der Waals surface area contributed by atoms with Crippen LogP contribution in [0.25, 0.3) is 0 Å². The van der Waals surface area contributed by atoms with Gasteiger partial charge in [-0.25, -0.2) is 0 Å². The molecule has 0 unspecified atom stereocenters. The molecule has 0 atom stereocenters. The van der Waals surface area contributed by atoms with E-state index in [0.29, 0.717) is 0 Å². The van der Waals surface area contributed by atoms with Gasteiger partial charge in [-0.15, -0.1) is 0 Å². The van der Waals surface area contributed by atoms with Gasteiger partial charge in [0, 0.05) is 23.2 Å². The highest BCUT2D eigenvalue weighted by Crippen LogP contribution is 2.55. The van der Waals surface area contributed by atoms with Crippen molar-refractivity contribution in [2.24, 2.45) is 0 Å². The molecule has 0 aliphatic heterocycles. The first kappa shape index (κ1) is 21.6. The van der Waals surface area contributed by atoms with Crippen LogP contribution in [-0.4, -0.2) is 24.3 Å². The molecule has 4 rings (SSSR count). The smallest absolute Gasteiger partial charge is 0.166 e. The summed E-state index contributed by atoms with van der Waals surface area (Å²) in [6.45, 7) is 0. The lowest BCUT2D eigenvalue weighted by molar-refractivity contribution is 0.594. The van der Waals surface area contributed by atoms with E-state index in [9.17, 15) is 0 Å². The quantitative estimate of drug-likeness (QED) is 0.395. The Balaban J connectivity index is 2.15. The lowest BCUT2D eigenvalue weighted by Crippen LogP contribution is -2.30. The van der Waals surface area contributed by atoms with Crippen LogP contribution in [0.15, 0.2) is 121 Å². The molecule has 0 saturated carbocycles. The largest absolute Gasteiger partial charge is 0.309 e. The summed E-state index contributed by atoms with van der Waals surface area (Å²) in [7, 11) is -1.12. The molecule has 0 bridgehead atoms. The van der Waals surface area contributed by atoms with Crippen molar-refractivity contribution < 1.29 is 4.57 Å². The third-order valence-electron chi connectivity index (χ3n) is 5.54. The van der Waals surface area contributed by atoms with E-state index in [-0.39, 0.29) is 0 Å². The molecule has 156 valence electrons. The fourth-order valence-electron chi connectivity index (χ4n) is 3.97. The van der Waals surface area contributed by atoms with E-state index >= 15 is 4.57 Å². The molecule has 31 heavy (non-hydrogen) atoms. The number of rotatable bonds is 6.